The third-order valence-electron chi connectivity index (χ3n) is 10.0. The molecule has 15 nitrogen and oxygen atoms in total. The van der Waals surface area contributed by atoms with Gasteiger partial charge in [0.2, 0.25) is 5.91 Å². The van der Waals surface area contributed by atoms with Crippen LogP contribution >= 0.6 is 23.2 Å². The van der Waals surface area contributed by atoms with E-state index in [4.69, 9.17) is 28.3 Å². The molecule has 0 saturated carbocycles. The highest BCUT2D eigenvalue weighted by molar-refractivity contribution is 7.86. The monoisotopic (exact) mass is 876 g/mol. The summed E-state index contributed by atoms with van der Waals surface area (Å²) in [4.78, 5) is 42.7. The zero-order chi connectivity index (χ0) is 42.3. The van der Waals surface area contributed by atoms with Crippen molar-refractivity contribution in [3.05, 3.63) is 94.7 Å². The highest BCUT2D eigenvalue weighted by Gasteiger charge is 2.38. The molecule has 0 radical (unpaired) electrons. The van der Waals surface area contributed by atoms with Gasteiger partial charge in [-0.1, -0.05) is 23.2 Å². The third kappa shape index (κ3) is 11.5. The Kier molecular flexibility index (Phi) is 14.4. The maximum absolute atomic E-state index is 13.7. The average molecular weight is 878 g/mol. The van der Waals surface area contributed by atoms with Crippen molar-refractivity contribution < 1.29 is 41.2 Å². The molecule has 0 aliphatic carbocycles. The van der Waals surface area contributed by atoms with E-state index in [2.05, 4.69) is 34.2 Å². The number of aromatic hydroxyl groups is 2. The molecule has 4 aliphatic rings. The van der Waals surface area contributed by atoms with Gasteiger partial charge in [-0.15, -0.1) is 0 Å². The van der Waals surface area contributed by atoms with Crippen molar-refractivity contribution in [2.75, 3.05) is 91.3 Å². The smallest absolute Gasteiger partial charge is 0.265 e. The van der Waals surface area contributed by atoms with Gasteiger partial charge in [-0.05, 0) is 67.1 Å². The van der Waals surface area contributed by atoms with E-state index in [-0.39, 0.29) is 46.5 Å². The number of rotatable bonds is 7. The molecule has 4 aromatic rings. The molecule has 4 saturated heterocycles. The lowest BCUT2D eigenvalue weighted by molar-refractivity contribution is -0.123. The predicted octanol–water partition coefficient (Wildman–Crippen LogP) is 4.26. The fourth-order valence-electron chi connectivity index (χ4n) is 7.06. The van der Waals surface area contributed by atoms with Crippen molar-refractivity contribution >= 4 is 68.1 Å². The van der Waals surface area contributed by atoms with E-state index in [1.165, 1.54) is 41.6 Å². The summed E-state index contributed by atoms with van der Waals surface area (Å²) in [5.74, 6) is 0.481. The predicted molar refractivity (Wildman–Crippen MR) is 221 cm³/mol. The molecule has 2 atom stereocenters. The first-order valence-corrected chi connectivity index (χ1v) is 21.4. The second kappa shape index (κ2) is 19.5. The fraction of sp³-hybridized carbons (Fsp3) is 0.385. The number of halogens is 4. The normalized spacial score (nSPS) is 19.9. The quantitative estimate of drug-likeness (QED) is 0.225. The van der Waals surface area contributed by atoms with Crippen molar-refractivity contribution in [3.8, 4) is 11.5 Å². The fourth-order valence-corrected chi connectivity index (χ4v) is 7.90. The highest BCUT2D eigenvalue weighted by atomic mass is 35.5. The molecule has 3 N–H and O–H groups in total. The van der Waals surface area contributed by atoms with E-state index in [0.717, 1.165) is 82.7 Å². The molecule has 0 spiro atoms. The van der Waals surface area contributed by atoms with Crippen LogP contribution in [0, 0.1) is 11.6 Å². The van der Waals surface area contributed by atoms with E-state index < -0.39 is 33.8 Å². The van der Waals surface area contributed by atoms with Crippen LogP contribution in [0.1, 0.15) is 12.8 Å². The van der Waals surface area contributed by atoms with E-state index >= 15 is 0 Å². The Morgan fingerprint density at radius 1 is 0.695 bits per heavy atom. The summed E-state index contributed by atoms with van der Waals surface area (Å²) in [5.41, 5.74) is 0.878. The van der Waals surface area contributed by atoms with Crippen LogP contribution in [0.2, 0.25) is 10.0 Å². The first-order chi connectivity index (χ1) is 28.2. The molecule has 8 rings (SSSR count). The zero-order valence-electron chi connectivity index (χ0n) is 32.1. The molecule has 2 aromatic carbocycles. The number of pyridine rings is 2. The Morgan fingerprint density at radius 2 is 1.19 bits per heavy atom. The molecule has 20 heteroatoms. The molecular formula is C39H44Cl2F2N8O7S. The van der Waals surface area contributed by atoms with Crippen molar-refractivity contribution in [2.45, 2.75) is 25.0 Å². The lowest BCUT2D eigenvalue weighted by Crippen LogP contribution is -2.52. The molecule has 2 aromatic heterocycles. The second-order valence-electron chi connectivity index (χ2n) is 14.1. The van der Waals surface area contributed by atoms with Gasteiger partial charge in [-0.2, -0.15) is 8.42 Å². The number of carbonyl (C=O) groups is 2. The van der Waals surface area contributed by atoms with Gasteiger partial charge in [0.15, 0.2) is 6.10 Å². The van der Waals surface area contributed by atoms with Crippen LogP contribution in [0.5, 0.6) is 11.5 Å². The summed E-state index contributed by atoms with van der Waals surface area (Å²) in [5, 5.41) is 21.7. The second-order valence-corrected chi connectivity index (χ2v) is 16.5. The summed E-state index contributed by atoms with van der Waals surface area (Å²) < 4.78 is 53.8. The molecule has 6 heterocycles. The van der Waals surface area contributed by atoms with Gasteiger partial charge in [0.05, 0.1) is 34.7 Å². The van der Waals surface area contributed by atoms with Crippen molar-refractivity contribution in [1.82, 2.24) is 20.2 Å². The van der Waals surface area contributed by atoms with Crippen LogP contribution in [0.25, 0.3) is 0 Å². The number of hydrogen-bond donors (Lipinski definition) is 3. The van der Waals surface area contributed by atoms with Gasteiger partial charge in [-0.3, -0.25) is 18.7 Å². The summed E-state index contributed by atoms with van der Waals surface area (Å²) in [6.45, 7) is 7.84. The topological polar surface area (TPSA) is 172 Å². The Balaban J connectivity index is 0.000000159. The molecule has 4 fully saturated rings. The number of piperazine rings is 2. The third-order valence-corrected chi connectivity index (χ3v) is 11.2. The lowest BCUT2D eigenvalue weighted by Gasteiger charge is -2.37. The number of nitrogens with one attached hydrogen (secondary N) is 1. The summed E-state index contributed by atoms with van der Waals surface area (Å²) in [6.07, 6.45) is 3.71. The van der Waals surface area contributed by atoms with Gasteiger partial charge < -0.3 is 35.1 Å². The van der Waals surface area contributed by atoms with Gasteiger partial charge in [-0.25, -0.2) is 18.7 Å². The van der Waals surface area contributed by atoms with Crippen LogP contribution in [-0.2, 0) is 23.9 Å². The minimum absolute atomic E-state index is 0.00734. The SMILES string of the molecule is CS(=O)(=O)OC1CCN(c2ccc(Cl)c(F)c2)C1=O.O=C1C(N2CCN(c3ccc(O)cn3)CC2)CCN1c1ccc(Cl)c(F)c1.Oc1ccc(N2CCNCC2)nc1. The molecule has 316 valence electrons. The first-order valence-electron chi connectivity index (χ1n) is 18.8. The number of amides is 2. The van der Waals surface area contributed by atoms with Crippen LogP contribution in [0.3, 0.4) is 0 Å². The summed E-state index contributed by atoms with van der Waals surface area (Å²) in [7, 11) is -3.70. The van der Waals surface area contributed by atoms with E-state index in [1.807, 2.05) is 6.07 Å². The molecule has 0 bridgehead atoms. The Labute approximate surface area is 350 Å². The molecule has 59 heavy (non-hydrogen) atoms. The summed E-state index contributed by atoms with van der Waals surface area (Å²) in [6, 6.07) is 15.2. The first kappa shape index (κ1) is 43.7. The highest BCUT2D eigenvalue weighted by Crippen LogP contribution is 2.30. The number of carbonyl (C=O) groups excluding carboxylic acids is 2. The largest absolute Gasteiger partial charge is 0.506 e. The van der Waals surface area contributed by atoms with Gasteiger partial charge in [0, 0.05) is 83.2 Å². The number of nitrogens with zero attached hydrogens (tertiary/aromatic N) is 7. The van der Waals surface area contributed by atoms with Gasteiger partial charge >= 0.3 is 0 Å². The Morgan fingerprint density at radius 3 is 1.66 bits per heavy atom. The minimum Gasteiger partial charge on any atom is -0.506 e. The molecule has 4 aliphatic heterocycles. The number of aromatic nitrogens is 2. The van der Waals surface area contributed by atoms with Crippen molar-refractivity contribution in [2.24, 2.45) is 0 Å². The standard InChI is InChI=1S/C19H20ClFN4O2.C11H11ClFNO4S.C9H13N3O/c20-15-3-1-13(11-16(15)21)25-6-5-17(19(25)27)23-7-9-24(10-8-23)18-4-2-14(26)12-22-18;1-19(16,17)18-10-4-5-14(11(10)15)7-2-3-8(12)9(13)6-7;13-8-1-2-9(11-7-8)12-5-3-10-4-6-12/h1-4,11-12,17,26H,5-10H2;2-3,6,10H,4-5H2,1H3;1-2,7,10,13H,3-6H2. The van der Waals surface area contributed by atoms with Crippen LogP contribution in [-0.4, -0.2) is 129 Å². The minimum atomic E-state index is -3.70. The number of benzene rings is 2. The Hall–Kier alpha value is -4.85. The van der Waals surface area contributed by atoms with Crippen molar-refractivity contribution in [1.29, 1.82) is 0 Å². The summed E-state index contributed by atoms with van der Waals surface area (Å²) >= 11 is 11.3. The van der Waals surface area contributed by atoms with Crippen LogP contribution in [0.4, 0.5) is 31.8 Å². The van der Waals surface area contributed by atoms with Gasteiger partial charge in [0.25, 0.3) is 16.0 Å². The maximum atomic E-state index is 13.7. The average Bonchev–Trinajstić information content (AvgIpc) is 3.78. The molecule has 2 unspecified atom stereocenters. The van der Waals surface area contributed by atoms with Crippen LogP contribution in [0.15, 0.2) is 73.1 Å². The number of anilines is 4. The molecular weight excluding hydrogens is 833 g/mol. The van der Waals surface area contributed by atoms with Crippen LogP contribution < -0.4 is 24.9 Å². The lowest BCUT2D eigenvalue weighted by atomic mass is 10.1. The Bertz CT molecular complexity index is 2200. The van der Waals surface area contributed by atoms with E-state index in [0.29, 0.717) is 17.9 Å². The molecule has 2 amide bonds. The number of hydrogen-bond acceptors (Lipinski definition) is 13. The van der Waals surface area contributed by atoms with Gasteiger partial charge in [0.1, 0.15) is 34.8 Å². The zero-order valence-corrected chi connectivity index (χ0v) is 34.4. The van der Waals surface area contributed by atoms with E-state index in [9.17, 15) is 31.9 Å². The van der Waals surface area contributed by atoms with Crippen molar-refractivity contribution in [3.63, 3.8) is 0 Å². The van der Waals surface area contributed by atoms with E-state index in [1.54, 1.807) is 29.2 Å². The maximum Gasteiger partial charge on any atom is 0.265 e.